The average molecular weight is 360 g/mol. The van der Waals surface area contributed by atoms with Crippen molar-refractivity contribution >= 4 is 21.7 Å². The van der Waals surface area contributed by atoms with Gasteiger partial charge in [-0.05, 0) is 35.9 Å². The Morgan fingerprint density at radius 2 is 2.05 bits per heavy atom. The molecule has 0 atom stereocenters. The van der Waals surface area contributed by atoms with Crippen molar-refractivity contribution in [3.63, 3.8) is 0 Å². The lowest BCUT2D eigenvalue weighted by atomic mass is 10.1. The number of hydrogen-bond acceptors (Lipinski definition) is 4. The number of carbonyl (C=O) groups excluding carboxylic acids is 1. The smallest absolute Gasteiger partial charge is 0.173 e. The van der Waals surface area contributed by atoms with Crippen LogP contribution in [-0.4, -0.2) is 18.2 Å². The summed E-state index contributed by atoms with van der Waals surface area (Å²) in [6.07, 6.45) is 0. The van der Waals surface area contributed by atoms with Crippen molar-refractivity contribution in [2.45, 2.75) is 6.61 Å². The van der Waals surface area contributed by atoms with Gasteiger partial charge in [-0.1, -0.05) is 28.1 Å². The molecule has 2 aromatic carbocycles. The van der Waals surface area contributed by atoms with Crippen LogP contribution in [0.5, 0.6) is 11.5 Å². The minimum absolute atomic E-state index is 0.0217. The number of methoxy groups -OCH3 is 1. The zero-order chi connectivity index (χ0) is 15.9. The molecule has 0 saturated carbocycles. The molecule has 5 heteroatoms. The highest BCUT2D eigenvalue weighted by molar-refractivity contribution is 9.09. The maximum absolute atomic E-state index is 11.7. The number of ether oxygens (including phenoxy) is 2. The molecule has 2 rings (SSSR count). The van der Waals surface area contributed by atoms with Crippen LogP contribution < -0.4 is 9.47 Å². The molecular weight excluding hydrogens is 346 g/mol. The first-order valence-electron chi connectivity index (χ1n) is 6.57. The highest BCUT2D eigenvalue weighted by Gasteiger charge is 2.10. The molecule has 22 heavy (non-hydrogen) atoms. The van der Waals surface area contributed by atoms with Crippen LogP contribution in [0, 0.1) is 11.3 Å². The van der Waals surface area contributed by atoms with E-state index in [9.17, 15) is 4.79 Å². The topological polar surface area (TPSA) is 59.3 Å². The van der Waals surface area contributed by atoms with Crippen LogP contribution in [0.2, 0.25) is 0 Å². The van der Waals surface area contributed by atoms with Gasteiger partial charge in [-0.2, -0.15) is 5.26 Å². The van der Waals surface area contributed by atoms with Gasteiger partial charge < -0.3 is 9.47 Å². The summed E-state index contributed by atoms with van der Waals surface area (Å²) in [5.41, 5.74) is 2.04. The monoisotopic (exact) mass is 359 g/mol. The second-order valence-corrected chi connectivity index (χ2v) is 5.08. The summed E-state index contributed by atoms with van der Waals surface area (Å²) in [5.74, 6) is 1.03. The Balaban J connectivity index is 2.15. The molecule has 0 aliphatic carbocycles. The first-order valence-corrected chi connectivity index (χ1v) is 7.69. The molecule has 0 aliphatic rings. The van der Waals surface area contributed by atoms with Crippen molar-refractivity contribution in [2.75, 3.05) is 12.4 Å². The third-order valence-electron chi connectivity index (χ3n) is 3.06. The Morgan fingerprint density at radius 1 is 1.23 bits per heavy atom. The van der Waals surface area contributed by atoms with Gasteiger partial charge in [0, 0.05) is 5.56 Å². The van der Waals surface area contributed by atoms with E-state index >= 15 is 0 Å². The Morgan fingerprint density at radius 3 is 2.73 bits per heavy atom. The number of carbonyl (C=O) groups is 1. The third kappa shape index (κ3) is 3.86. The third-order valence-corrected chi connectivity index (χ3v) is 3.57. The van der Waals surface area contributed by atoms with Gasteiger partial charge >= 0.3 is 0 Å². The Bertz CT molecular complexity index is 722. The lowest BCUT2D eigenvalue weighted by Crippen LogP contribution is -2.02. The molecule has 0 unspecified atom stereocenters. The highest BCUT2D eigenvalue weighted by Crippen LogP contribution is 2.29. The quantitative estimate of drug-likeness (QED) is 0.582. The van der Waals surface area contributed by atoms with Crippen molar-refractivity contribution in [2.24, 2.45) is 0 Å². The van der Waals surface area contributed by atoms with Crippen LogP contribution in [0.25, 0.3) is 0 Å². The molecule has 4 nitrogen and oxygen atoms in total. The molecule has 0 amide bonds. The molecule has 2 aromatic rings. The van der Waals surface area contributed by atoms with Crippen molar-refractivity contribution < 1.29 is 14.3 Å². The van der Waals surface area contributed by atoms with E-state index in [1.807, 2.05) is 12.1 Å². The van der Waals surface area contributed by atoms with E-state index in [2.05, 4.69) is 22.0 Å². The number of alkyl halides is 1. The number of rotatable bonds is 6. The minimum atomic E-state index is -0.0217. The van der Waals surface area contributed by atoms with E-state index in [-0.39, 0.29) is 11.1 Å². The number of benzene rings is 2. The fourth-order valence-electron chi connectivity index (χ4n) is 1.93. The SMILES string of the molecule is COc1cc(C(=O)CBr)ccc1OCc1cccc(C#N)c1. The van der Waals surface area contributed by atoms with Crippen molar-refractivity contribution in [3.05, 3.63) is 59.2 Å². The predicted molar refractivity (Wildman–Crippen MR) is 86.6 cm³/mol. The lowest BCUT2D eigenvalue weighted by Gasteiger charge is -2.12. The van der Waals surface area contributed by atoms with Crippen LogP contribution in [0.1, 0.15) is 21.5 Å². The molecule has 0 heterocycles. The molecule has 0 bridgehead atoms. The summed E-state index contributed by atoms with van der Waals surface area (Å²) in [4.78, 5) is 11.7. The second-order valence-electron chi connectivity index (χ2n) is 4.52. The fraction of sp³-hybridized carbons (Fsp3) is 0.176. The number of nitrogens with zero attached hydrogens (tertiary/aromatic N) is 1. The summed E-state index contributed by atoms with van der Waals surface area (Å²) >= 11 is 3.14. The Kier molecular flexibility index (Phi) is 5.56. The number of nitriles is 1. The Labute approximate surface area is 137 Å². The van der Waals surface area contributed by atoms with Crippen LogP contribution in [-0.2, 0) is 6.61 Å². The minimum Gasteiger partial charge on any atom is -0.493 e. The highest BCUT2D eigenvalue weighted by atomic mass is 79.9. The number of hydrogen-bond donors (Lipinski definition) is 0. The van der Waals surface area contributed by atoms with E-state index in [0.717, 1.165) is 5.56 Å². The molecular formula is C17H14BrNO3. The van der Waals surface area contributed by atoms with Gasteiger partial charge in [-0.25, -0.2) is 0 Å². The molecule has 0 N–H and O–H groups in total. The van der Waals surface area contributed by atoms with E-state index in [4.69, 9.17) is 14.7 Å². The van der Waals surface area contributed by atoms with Gasteiger partial charge in [0.05, 0.1) is 24.1 Å². The zero-order valence-corrected chi connectivity index (χ0v) is 13.6. The van der Waals surface area contributed by atoms with Gasteiger partial charge in [0.15, 0.2) is 17.3 Å². The number of halogens is 1. The van der Waals surface area contributed by atoms with E-state index in [1.54, 1.807) is 30.3 Å². The number of ketones is 1. The van der Waals surface area contributed by atoms with Gasteiger partial charge in [0.25, 0.3) is 0 Å². The molecule has 0 fully saturated rings. The van der Waals surface area contributed by atoms with Gasteiger partial charge in [-0.15, -0.1) is 0 Å². The molecule has 0 radical (unpaired) electrons. The summed E-state index contributed by atoms with van der Waals surface area (Å²) in [6, 6.07) is 14.4. The summed E-state index contributed by atoms with van der Waals surface area (Å²) in [6.45, 7) is 0.317. The second kappa shape index (κ2) is 7.62. The largest absolute Gasteiger partial charge is 0.493 e. The average Bonchev–Trinajstić information content (AvgIpc) is 2.59. The van der Waals surface area contributed by atoms with Crippen LogP contribution >= 0.6 is 15.9 Å². The van der Waals surface area contributed by atoms with Crippen LogP contribution in [0.4, 0.5) is 0 Å². The number of Topliss-reactive ketones (excluding diaryl/α,β-unsaturated/α-hetero) is 1. The van der Waals surface area contributed by atoms with Crippen molar-refractivity contribution in [1.82, 2.24) is 0 Å². The molecule has 112 valence electrons. The van der Waals surface area contributed by atoms with Crippen LogP contribution in [0.15, 0.2) is 42.5 Å². The molecule has 0 spiro atoms. The van der Waals surface area contributed by atoms with E-state index in [1.165, 1.54) is 7.11 Å². The molecule has 0 aliphatic heterocycles. The van der Waals surface area contributed by atoms with Crippen molar-refractivity contribution in [3.8, 4) is 17.6 Å². The van der Waals surface area contributed by atoms with Crippen molar-refractivity contribution in [1.29, 1.82) is 5.26 Å². The summed E-state index contributed by atoms with van der Waals surface area (Å²) in [7, 11) is 1.53. The predicted octanol–water partition coefficient (Wildman–Crippen LogP) is 3.72. The lowest BCUT2D eigenvalue weighted by molar-refractivity contribution is 0.102. The Hall–Kier alpha value is -2.32. The maximum Gasteiger partial charge on any atom is 0.173 e. The summed E-state index contributed by atoms with van der Waals surface area (Å²) in [5, 5.41) is 9.15. The first-order chi connectivity index (χ1) is 10.7. The first kappa shape index (κ1) is 16.1. The molecule has 0 saturated heterocycles. The van der Waals surface area contributed by atoms with Gasteiger partial charge in [0.2, 0.25) is 0 Å². The van der Waals surface area contributed by atoms with E-state index < -0.39 is 0 Å². The fourth-order valence-corrected chi connectivity index (χ4v) is 2.25. The van der Waals surface area contributed by atoms with Gasteiger partial charge in [0.1, 0.15) is 6.61 Å². The van der Waals surface area contributed by atoms with Gasteiger partial charge in [-0.3, -0.25) is 4.79 Å². The van der Waals surface area contributed by atoms with Crippen LogP contribution in [0.3, 0.4) is 0 Å². The molecule has 0 aromatic heterocycles. The summed E-state index contributed by atoms with van der Waals surface area (Å²) < 4.78 is 11.0. The van der Waals surface area contributed by atoms with E-state index in [0.29, 0.717) is 29.2 Å². The standard InChI is InChI=1S/C17H14BrNO3/c1-21-17-8-14(15(20)9-18)5-6-16(17)22-11-13-4-2-3-12(7-13)10-19/h2-8H,9,11H2,1H3. The zero-order valence-electron chi connectivity index (χ0n) is 12.0. The maximum atomic E-state index is 11.7. The normalized spacial score (nSPS) is 9.86.